The van der Waals surface area contributed by atoms with Crippen LogP contribution in [-0.4, -0.2) is 9.97 Å². The number of nitrogens with zero attached hydrogens (tertiary/aromatic N) is 2. The normalized spacial score (nSPS) is 11.8. The zero-order valence-corrected chi connectivity index (χ0v) is 28.6. The minimum Gasteiger partial charge on any atom is -0.452 e. The van der Waals surface area contributed by atoms with Gasteiger partial charge in [-0.3, -0.25) is 0 Å². The summed E-state index contributed by atoms with van der Waals surface area (Å²) in [7, 11) is 0. The van der Waals surface area contributed by atoms with E-state index < -0.39 is 0 Å². The van der Waals surface area contributed by atoms with E-state index in [0.717, 1.165) is 44.4 Å². The van der Waals surface area contributed by atoms with Crippen LogP contribution in [0, 0.1) is 0 Å². The third kappa shape index (κ3) is 4.68. The molecule has 2 heterocycles. The largest absolute Gasteiger partial charge is 0.452 e. The van der Waals surface area contributed by atoms with Gasteiger partial charge in [0.2, 0.25) is 0 Å². The molecule has 0 fully saturated rings. The zero-order chi connectivity index (χ0) is 34.9. The van der Waals surface area contributed by atoms with Gasteiger partial charge in [-0.05, 0) is 83.5 Å². The summed E-state index contributed by atoms with van der Waals surface area (Å²) in [6, 6.07) is 64.6. The maximum absolute atomic E-state index is 6.68. The van der Waals surface area contributed by atoms with Crippen molar-refractivity contribution in [1.82, 2.24) is 9.97 Å². The van der Waals surface area contributed by atoms with Crippen molar-refractivity contribution < 1.29 is 4.42 Å². The molecule has 3 heteroatoms. The van der Waals surface area contributed by atoms with Gasteiger partial charge in [-0.1, -0.05) is 164 Å². The van der Waals surface area contributed by atoms with Crippen molar-refractivity contribution in [2.75, 3.05) is 0 Å². The molecule has 0 atom stereocenters. The Morgan fingerprint density at radius 1 is 0.321 bits per heavy atom. The lowest BCUT2D eigenvalue weighted by Crippen LogP contribution is -1.93. The SMILES string of the molecule is c1ccc(-c2nc(-c3ccccc3)c3oc4cc(-c5ccc(-c6ccc7c8ccccc8c8ccccc8c7c6)c6ccccc56)ccc4c3n2)cc1. The van der Waals surface area contributed by atoms with E-state index in [1.807, 2.05) is 48.5 Å². The Balaban J connectivity index is 1.08. The number of benzene rings is 9. The number of aromatic nitrogens is 2. The van der Waals surface area contributed by atoms with E-state index >= 15 is 0 Å². The van der Waals surface area contributed by atoms with Crippen molar-refractivity contribution in [2.24, 2.45) is 0 Å². The van der Waals surface area contributed by atoms with E-state index in [2.05, 4.69) is 133 Å². The molecule has 9 aromatic carbocycles. The molecule has 0 saturated heterocycles. The van der Waals surface area contributed by atoms with Crippen LogP contribution < -0.4 is 0 Å². The first-order valence-corrected chi connectivity index (χ1v) is 18.0. The maximum Gasteiger partial charge on any atom is 0.180 e. The van der Waals surface area contributed by atoms with Gasteiger partial charge in [0.25, 0.3) is 0 Å². The van der Waals surface area contributed by atoms with Crippen LogP contribution in [0.4, 0.5) is 0 Å². The van der Waals surface area contributed by atoms with Crippen LogP contribution >= 0.6 is 0 Å². The van der Waals surface area contributed by atoms with Gasteiger partial charge in [0, 0.05) is 16.5 Å². The van der Waals surface area contributed by atoms with Gasteiger partial charge in [0.15, 0.2) is 11.4 Å². The Bertz CT molecular complexity index is 3180. The summed E-state index contributed by atoms with van der Waals surface area (Å²) in [6.45, 7) is 0. The van der Waals surface area contributed by atoms with Crippen molar-refractivity contribution in [2.45, 2.75) is 0 Å². The lowest BCUT2D eigenvalue weighted by Gasteiger charge is -2.15. The fourth-order valence-corrected chi connectivity index (χ4v) is 8.20. The summed E-state index contributed by atoms with van der Waals surface area (Å²) in [5.74, 6) is 0.681. The van der Waals surface area contributed by atoms with E-state index in [4.69, 9.17) is 14.4 Å². The monoisotopic (exact) mass is 674 g/mol. The van der Waals surface area contributed by atoms with Gasteiger partial charge >= 0.3 is 0 Å². The Hall–Kier alpha value is -7.10. The molecule has 0 spiro atoms. The zero-order valence-electron chi connectivity index (χ0n) is 28.6. The first-order valence-electron chi connectivity index (χ1n) is 18.0. The summed E-state index contributed by atoms with van der Waals surface area (Å²) in [5.41, 5.74) is 9.71. The van der Waals surface area contributed by atoms with Gasteiger partial charge in [-0.2, -0.15) is 0 Å². The smallest absolute Gasteiger partial charge is 0.180 e. The van der Waals surface area contributed by atoms with Gasteiger partial charge in [-0.25, -0.2) is 9.97 Å². The maximum atomic E-state index is 6.68. The lowest BCUT2D eigenvalue weighted by atomic mass is 9.89. The van der Waals surface area contributed by atoms with Gasteiger partial charge in [0.05, 0.1) is 0 Å². The van der Waals surface area contributed by atoms with Crippen molar-refractivity contribution in [3.8, 4) is 44.9 Å². The Labute approximate surface area is 305 Å². The average Bonchev–Trinajstić information content (AvgIpc) is 3.61. The predicted molar refractivity (Wildman–Crippen MR) is 221 cm³/mol. The molecule has 0 aliphatic rings. The molecule has 0 aliphatic carbocycles. The second kappa shape index (κ2) is 11.7. The highest BCUT2D eigenvalue weighted by atomic mass is 16.3. The lowest BCUT2D eigenvalue weighted by molar-refractivity contribution is 0.667. The van der Waals surface area contributed by atoms with Gasteiger partial charge < -0.3 is 4.42 Å². The summed E-state index contributed by atoms with van der Waals surface area (Å²) < 4.78 is 6.68. The molecule has 0 radical (unpaired) electrons. The quantitative estimate of drug-likeness (QED) is 0.174. The van der Waals surface area contributed by atoms with Crippen LogP contribution in [-0.2, 0) is 0 Å². The molecule has 0 saturated carbocycles. The standard InChI is InChI=1S/C50H30N2O/c1-3-13-31(14-4-1)47-49-48(52-50(51-47)32-15-5-2-6-16-32)44-26-24-34(30-46(44)53-49)36-28-27-35(37-17-7-8-18-38(36)37)33-23-25-43-41-21-10-9-19-39(41)40-20-11-12-22-42(40)45(43)29-33/h1-30H. The average molecular weight is 675 g/mol. The van der Waals surface area contributed by atoms with E-state index in [9.17, 15) is 0 Å². The Morgan fingerprint density at radius 2 is 0.792 bits per heavy atom. The summed E-state index contributed by atoms with van der Waals surface area (Å²) in [4.78, 5) is 10.1. The molecule has 0 amide bonds. The molecule has 0 unspecified atom stereocenters. The first-order chi connectivity index (χ1) is 26.3. The number of rotatable bonds is 4. The molecular weight excluding hydrogens is 645 g/mol. The molecule has 53 heavy (non-hydrogen) atoms. The molecule has 11 rings (SSSR count). The summed E-state index contributed by atoms with van der Waals surface area (Å²) >= 11 is 0. The molecule has 0 aliphatic heterocycles. The fourth-order valence-electron chi connectivity index (χ4n) is 8.20. The summed E-state index contributed by atoms with van der Waals surface area (Å²) in [5, 5.41) is 11.1. The molecule has 246 valence electrons. The Kier molecular flexibility index (Phi) is 6.55. The van der Waals surface area contributed by atoms with Crippen LogP contribution in [0.5, 0.6) is 0 Å². The highest BCUT2D eigenvalue weighted by molar-refractivity contribution is 6.26. The summed E-state index contributed by atoms with van der Waals surface area (Å²) in [6.07, 6.45) is 0. The number of furan rings is 1. The second-order valence-corrected chi connectivity index (χ2v) is 13.7. The molecule has 2 aromatic heterocycles. The van der Waals surface area contributed by atoms with E-state index in [-0.39, 0.29) is 0 Å². The van der Waals surface area contributed by atoms with Gasteiger partial charge in [-0.15, -0.1) is 0 Å². The predicted octanol–water partition coefficient (Wildman–Crippen LogP) is 13.7. The first kappa shape index (κ1) is 29.6. The van der Waals surface area contributed by atoms with E-state index in [1.165, 1.54) is 54.2 Å². The topological polar surface area (TPSA) is 38.9 Å². The van der Waals surface area contributed by atoms with Crippen LogP contribution in [0.25, 0.3) is 110 Å². The number of fused-ring (bicyclic) bond motifs is 10. The van der Waals surface area contributed by atoms with Crippen molar-refractivity contribution in [1.29, 1.82) is 0 Å². The minimum absolute atomic E-state index is 0.681. The molecule has 11 aromatic rings. The van der Waals surface area contributed by atoms with Crippen LogP contribution in [0.15, 0.2) is 186 Å². The molecule has 3 nitrogen and oxygen atoms in total. The van der Waals surface area contributed by atoms with Crippen LogP contribution in [0.1, 0.15) is 0 Å². The van der Waals surface area contributed by atoms with E-state index in [0.29, 0.717) is 11.4 Å². The highest BCUT2D eigenvalue weighted by Crippen LogP contribution is 2.42. The van der Waals surface area contributed by atoms with E-state index in [1.54, 1.807) is 0 Å². The molecule has 0 N–H and O–H groups in total. The van der Waals surface area contributed by atoms with Crippen LogP contribution in [0.2, 0.25) is 0 Å². The van der Waals surface area contributed by atoms with Crippen LogP contribution in [0.3, 0.4) is 0 Å². The molecule has 0 bridgehead atoms. The molecular formula is C50H30N2O. The number of hydrogen-bond acceptors (Lipinski definition) is 3. The van der Waals surface area contributed by atoms with Crippen molar-refractivity contribution in [3.63, 3.8) is 0 Å². The number of hydrogen-bond donors (Lipinski definition) is 0. The second-order valence-electron chi connectivity index (χ2n) is 13.7. The fraction of sp³-hybridized carbons (Fsp3) is 0. The third-order valence-electron chi connectivity index (χ3n) is 10.7. The van der Waals surface area contributed by atoms with Gasteiger partial charge in [0.1, 0.15) is 16.8 Å². The Morgan fingerprint density at radius 3 is 1.40 bits per heavy atom. The highest BCUT2D eigenvalue weighted by Gasteiger charge is 2.19. The van der Waals surface area contributed by atoms with Crippen molar-refractivity contribution in [3.05, 3.63) is 182 Å². The minimum atomic E-state index is 0.681. The van der Waals surface area contributed by atoms with Crippen molar-refractivity contribution >= 4 is 65.2 Å². The third-order valence-corrected chi connectivity index (χ3v) is 10.7.